The number of nitrogens with zero attached hydrogens (tertiary/aromatic N) is 1. The van der Waals surface area contributed by atoms with Gasteiger partial charge in [0.1, 0.15) is 5.69 Å². The van der Waals surface area contributed by atoms with Gasteiger partial charge >= 0.3 is 6.18 Å². The number of rotatable bonds is 4. The van der Waals surface area contributed by atoms with Gasteiger partial charge in [0.05, 0.1) is 10.6 Å². The third-order valence-electron chi connectivity index (χ3n) is 4.00. The van der Waals surface area contributed by atoms with Crippen LogP contribution in [-0.2, 0) is 22.4 Å². The summed E-state index contributed by atoms with van der Waals surface area (Å²) in [6.07, 6.45) is -3.55. The fraction of sp³-hybridized carbons (Fsp3) is 0.167. The van der Waals surface area contributed by atoms with Crippen LogP contribution in [0.5, 0.6) is 0 Å². The van der Waals surface area contributed by atoms with E-state index in [1.54, 1.807) is 24.3 Å². The fourth-order valence-corrected chi connectivity index (χ4v) is 3.43. The first kappa shape index (κ1) is 19.4. The quantitative estimate of drug-likeness (QED) is 0.670. The molecule has 0 bridgehead atoms. The lowest BCUT2D eigenvalue weighted by Gasteiger charge is -2.10. The summed E-state index contributed by atoms with van der Waals surface area (Å²) in [7, 11) is -3.40. The molecule has 1 N–H and O–H groups in total. The Labute approximate surface area is 158 Å². The number of nitrogens with one attached hydrogen (secondary N) is 1. The van der Waals surface area contributed by atoms with Crippen LogP contribution in [-0.4, -0.2) is 24.9 Å². The van der Waals surface area contributed by atoms with Crippen molar-refractivity contribution in [1.29, 1.82) is 0 Å². The molecule has 0 amide bonds. The van der Waals surface area contributed by atoms with Crippen LogP contribution in [0.4, 0.5) is 13.2 Å². The second-order valence-electron chi connectivity index (χ2n) is 6.02. The predicted octanol–water partition coefficient (Wildman–Crippen LogP) is 4.74. The van der Waals surface area contributed by atoms with Gasteiger partial charge in [-0.05, 0) is 29.8 Å². The van der Waals surface area contributed by atoms with Crippen molar-refractivity contribution in [2.45, 2.75) is 17.5 Å². The van der Waals surface area contributed by atoms with Gasteiger partial charge in [-0.25, -0.2) is 8.42 Å². The minimum absolute atomic E-state index is 0.00826. The summed E-state index contributed by atoms with van der Waals surface area (Å²) in [5.74, 6) is 0. The molecular formula is C18H14ClF3N2O2S. The van der Waals surface area contributed by atoms with Crippen LogP contribution in [0.3, 0.4) is 0 Å². The van der Waals surface area contributed by atoms with E-state index in [-0.39, 0.29) is 22.6 Å². The average Bonchev–Trinajstić information content (AvgIpc) is 3.00. The molecule has 0 atom stereocenters. The molecule has 0 saturated heterocycles. The number of hydrogen-bond acceptors (Lipinski definition) is 3. The largest absolute Gasteiger partial charge is 0.433 e. The third kappa shape index (κ3) is 4.33. The zero-order valence-corrected chi connectivity index (χ0v) is 15.6. The minimum atomic E-state index is -4.60. The van der Waals surface area contributed by atoms with Gasteiger partial charge in [-0.1, -0.05) is 35.9 Å². The number of benzene rings is 2. The highest BCUT2D eigenvalue weighted by molar-refractivity contribution is 7.90. The molecule has 0 fully saturated rings. The van der Waals surface area contributed by atoms with Gasteiger partial charge in [-0.3, -0.25) is 5.10 Å². The number of alkyl halides is 3. The Morgan fingerprint density at radius 3 is 2.15 bits per heavy atom. The Morgan fingerprint density at radius 2 is 1.63 bits per heavy atom. The predicted molar refractivity (Wildman–Crippen MR) is 96.4 cm³/mol. The van der Waals surface area contributed by atoms with Crippen molar-refractivity contribution < 1.29 is 21.6 Å². The van der Waals surface area contributed by atoms with Gasteiger partial charge < -0.3 is 0 Å². The lowest BCUT2D eigenvalue weighted by atomic mass is 9.99. The Hall–Kier alpha value is -2.32. The van der Waals surface area contributed by atoms with Gasteiger partial charge in [0.25, 0.3) is 0 Å². The maximum atomic E-state index is 13.4. The molecule has 0 spiro atoms. The highest BCUT2D eigenvalue weighted by atomic mass is 35.5. The zero-order valence-electron chi connectivity index (χ0n) is 14.0. The van der Waals surface area contributed by atoms with Crippen molar-refractivity contribution in [3.63, 3.8) is 0 Å². The van der Waals surface area contributed by atoms with Crippen molar-refractivity contribution in [2.75, 3.05) is 6.26 Å². The van der Waals surface area contributed by atoms with Crippen LogP contribution >= 0.6 is 11.6 Å². The zero-order chi connectivity index (χ0) is 19.8. The molecule has 0 aliphatic rings. The molecule has 0 radical (unpaired) electrons. The summed E-state index contributed by atoms with van der Waals surface area (Å²) in [5.41, 5.74) is 0.201. The van der Waals surface area contributed by atoms with Crippen molar-refractivity contribution in [3.05, 3.63) is 70.4 Å². The van der Waals surface area contributed by atoms with Crippen LogP contribution in [0.1, 0.15) is 16.8 Å². The van der Waals surface area contributed by atoms with E-state index in [0.717, 1.165) is 6.26 Å². The van der Waals surface area contributed by atoms with Crippen LogP contribution in [0.2, 0.25) is 5.02 Å². The summed E-state index contributed by atoms with van der Waals surface area (Å²) in [4.78, 5) is 0.0806. The molecular weight excluding hydrogens is 401 g/mol. The first-order valence-corrected chi connectivity index (χ1v) is 10.0. The van der Waals surface area contributed by atoms with E-state index in [1.165, 1.54) is 24.3 Å². The minimum Gasteiger partial charge on any atom is -0.273 e. The summed E-state index contributed by atoms with van der Waals surface area (Å²) >= 11 is 5.83. The number of hydrogen-bond donors (Lipinski definition) is 1. The van der Waals surface area contributed by atoms with E-state index in [4.69, 9.17) is 11.6 Å². The van der Waals surface area contributed by atoms with Crippen LogP contribution in [0.15, 0.2) is 53.4 Å². The standard InChI is InChI=1S/C18H14ClF3N2O2S/c1-27(25,26)14-8-4-12(5-9-14)16-15(17(24-23-16)18(20,21)22)10-11-2-6-13(19)7-3-11/h2-9H,10H2,1H3,(H,23,24). The van der Waals surface area contributed by atoms with Crippen LogP contribution < -0.4 is 0 Å². The Balaban J connectivity index is 2.07. The molecule has 0 aliphatic heterocycles. The number of aromatic amines is 1. The van der Waals surface area contributed by atoms with Crippen molar-refractivity contribution >= 4 is 21.4 Å². The average molecular weight is 415 g/mol. The Morgan fingerprint density at radius 1 is 1.04 bits per heavy atom. The van der Waals surface area contributed by atoms with Gasteiger partial charge in [-0.2, -0.15) is 18.3 Å². The smallest absolute Gasteiger partial charge is 0.273 e. The summed E-state index contributed by atoms with van der Waals surface area (Å²) in [6, 6.07) is 12.1. The van der Waals surface area contributed by atoms with E-state index in [2.05, 4.69) is 10.2 Å². The van der Waals surface area contributed by atoms with Gasteiger partial charge in [0.2, 0.25) is 0 Å². The van der Waals surface area contributed by atoms with Crippen LogP contribution in [0.25, 0.3) is 11.3 Å². The fourth-order valence-electron chi connectivity index (χ4n) is 2.68. The molecule has 3 rings (SSSR count). The molecule has 1 aromatic heterocycles. The summed E-state index contributed by atoms with van der Waals surface area (Å²) in [6.45, 7) is 0. The second-order valence-corrected chi connectivity index (χ2v) is 8.48. The van der Waals surface area contributed by atoms with E-state index in [9.17, 15) is 21.6 Å². The molecule has 27 heavy (non-hydrogen) atoms. The molecule has 0 unspecified atom stereocenters. The number of halogens is 4. The maximum absolute atomic E-state index is 13.4. The molecule has 9 heteroatoms. The third-order valence-corrected chi connectivity index (χ3v) is 5.38. The lowest BCUT2D eigenvalue weighted by Crippen LogP contribution is -2.09. The molecule has 0 aliphatic carbocycles. The monoisotopic (exact) mass is 414 g/mol. The Kier molecular flexibility index (Phi) is 5.05. The van der Waals surface area contributed by atoms with Gasteiger partial charge in [-0.15, -0.1) is 0 Å². The van der Waals surface area contributed by atoms with Gasteiger partial charge in [0, 0.05) is 28.8 Å². The maximum Gasteiger partial charge on any atom is 0.433 e. The topological polar surface area (TPSA) is 62.8 Å². The van der Waals surface area contributed by atoms with Crippen molar-refractivity contribution in [2.24, 2.45) is 0 Å². The number of H-pyrrole nitrogens is 1. The SMILES string of the molecule is CS(=O)(=O)c1ccc(-c2n[nH]c(C(F)(F)F)c2Cc2ccc(Cl)cc2)cc1. The van der Waals surface area contributed by atoms with Crippen LogP contribution in [0, 0.1) is 0 Å². The molecule has 2 aromatic carbocycles. The molecule has 3 aromatic rings. The summed E-state index contributed by atoms with van der Waals surface area (Å²) in [5, 5.41) is 6.39. The molecule has 0 saturated carbocycles. The molecule has 142 valence electrons. The first-order chi connectivity index (χ1) is 12.6. The second kappa shape index (κ2) is 7.01. The highest BCUT2D eigenvalue weighted by Gasteiger charge is 2.37. The molecule has 1 heterocycles. The van der Waals surface area contributed by atoms with Crippen molar-refractivity contribution in [3.8, 4) is 11.3 Å². The van der Waals surface area contributed by atoms with E-state index < -0.39 is 21.7 Å². The van der Waals surface area contributed by atoms with E-state index in [0.29, 0.717) is 16.1 Å². The highest BCUT2D eigenvalue weighted by Crippen LogP contribution is 2.36. The lowest BCUT2D eigenvalue weighted by molar-refractivity contribution is -0.141. The van der Waals surface area contributed by atoms with E-state index in [1.807, 2.05) is 0 Å². The summed E-state index contributed by atoms with van der Waals surface area (Å²) < 4.78 is 63.3. The van der Waals surface area contributed by atoms with Gasteiger partial charge in [0.15, 0.2) is 9.84 Å². The van der Waals surface area contributed by atoms with E-state index >= 15 is 0 Å². The normalized spacial score (nSPS) is 12.3. The number of aromatic nitrogens is 2. The Bertz CT molecular complexity index is 1060. The number of sulfone groups is 1. The first-order valence-electron chi connectivity index (χ1n) is 7.75. The van der Waals surface area contributed by atoms with Crippen molar-refractivity contribution in [1.82, 2.24) is 10.2 Å². The molecule has 4 nitrogen and oxygen atoms in total.